The van der Waals surface area contributed by atoms with Crippen LogP contribution in [0.1, 0.15) is 124 Å². The van der Waals surface area contributed by atoms with E-state index in [1.165, 1.54) is 0 Å². The van der Waals surface area contributed by atoms with Crippen LogP contribution in [-0.2, 0) is 0 Å². The first-order valence-corrected chi connectivity index (χ1v) is 12.1. The van der Waals surface area contributed by atoms with Crippen molar-refractivity contribution in [3.63, 3.8) is 0 Å². The molecule has 1 nitrogen and oxygen atoms in total. The maximum Gasteiger partial charge on any atom is 0.241 e. The van der Waals surface area contributed by atoms with Crippen molar-refractivity contribution in [1.29, 1.82) is 0 Å². The topological polar surface area (TPSA) is 20.2 Å². The summed E-state index contributed by atoms with van der Waals surface area (Å²) in [5.74, 6) is 2.84. The molecule has 3 heteroatoms. The van der Waals surface area contributed by atoms with Crippen molar-refractivity contribution in [3.05, 3.63) is 0 Å². The first-order chi connectivity index (χ1) is 13.1. The highest BCUT2D eigenvalue weighted by Crippen LogP contribution is 2.23. The van der Waals surface area contributed by atoms with Crippen LogP contribution in [-0.4, -0.2) is 17.1 Å². The van der Waals surface area contributed by atoms with E-state index in [9.17, 15) is 13.9 Å². The number of alkyl halides is 2. The number of rotatable bonds is 6. The molecule has 0 fully saturated rings. The fourth-order valence-corrected chi connectivity index (χ4v) is 0.933. The maximum atomic E-state index is 11.7. The van der Waals surface area contributed by atoms with Crippen molar-refractivity contribution >= 4 is 0 Å². The van der Waals surface area contributed by atoms with E-state index >= 15 is 0 Å². The largest absolute Gasteiger partial charge is 0.390 e. The summed E-state index contributed by atoms with van der Waals surface area (Å²) in [4.78, 5) is 0. The van der Waals surface area contributed by atoms with Gasteiger partial charge in [-0.1, -0.05) is 96.9 Å². The molecule has 0 aliphatic heterocycles. The number of aliphatic hydroxyl groups is 1. The lowest BCUT2D eigenvalue weighted by atomic mass is 9.84. The molecule has 0 bridgehead atoms. The molecule has 0 aromatic carbocycles. The Kier molecular flexibility index (Phi) is 22.8. The van der Waals surface area contributed by atoms with Gasteiger partial charge in [-0.05, 0) is 61.7 Å². The quantitative estimate of drug-likeness (QED) is 0.437. The van der Waals surface area contributed by atoms with E-state index in [0.29, 0.717) is 11.3 Å². The zero-order valence-corrected chi connectivity index (χ0v) is 23.7. The highest BCUT2D eigenvalue weighted by molar-refractivity contribution is 4.65. The third-order valence-electron chi connectivity index (χ3n) is 5.85. The molecule has 188 valence electrons. The highest BCUT2D eigenvalue weighted by Gasteiger charge is 2.17. The average Bonchev–Trinajstić information content (AvgIpc) is 2.52. The molecule has 1 unspecified atom stereocenters. The van der Waals surface area contributed by atoms with Crippen LogP contribution in [0.3, 0.4) is 0 Å². The average molecular weight is 439 g/mol. The summed E-state index contributed by atoms with van der Waals surface area (Å²) in [6, 6.07) is 0. The predicted octanol–water partition coefficient (Wildman–Crippen LogP) is 9.72. The van der Waals surface area contributed by atoms with Gasteiger partial charge in [-0.2, -0.15) is 0 Å². The Morgan fingerprint density at radius 1 is 0.633 bits per heavy atom. The van der Waals surface area contributed by atoms with Crippen LogP contribution >= 0.6 is 0 Å². The molecule has 1 N–H and O–H groups in total. The second-order valence-electron chi connectivity index (χ2n) is 12.2. The van der Waals surface area contributed by atoms with E-state index < -0.39 is 17.9 Å². The lowest BCUT2D eigenvalue weighted by Crippen LogP contribution is -2.18. The van der Waals surface area contributed by atoms with Gasteiger partial charge < -0.3 is 5.11 Å². The van der Waals surface area contributed by atoms with E-state index in [0.717, 1.165) is 30.6 Å². The van der Waals surface area contributed by atoms with E-state index in [-0.39, 0.29) is 5.92 Å². The van der Waals surface area contributed by atoms with Crippen LogP contribution in [0.4, 0.5) is 8.78 Å². The molecule has 0 radical (unpaired) electrons. The lowest BCUT2D eigenvalue weighted by molar-refractivity contribution is 0.0625. The fourth-order valence-electron chi connectivity index (χ4n) is 0.933. The van der Waals surface area contributed by atoms with E-state index in [1.54, 1.807) is 20.8 Å². The van der Waals surface area contributed by atoms with E-state index in [4.69, 9.17) is 0 Å². The van der Waals surface area contributed by atoms with E-state index in [1.807, 2.05) is 13.8 Å². The van der Waals surface area contributed by atoms with Crippen molar-refractivity contribution in [2.75, 3.05) is 0 Å². The molecule has 0 rings (SSSR count). The minimum atomic E-state index is -2.16. The van der Waals surface area contributed by atoms with Crippen LogP contribution in [0.15, 0.2) is 0 Å². The van der Waals surface area contributed by atoms with Crippen LogP contribution in [0.2, 0.25) is 0 Å². The van der Waals surface area contributed by atoms with Crippen molar-refractivity contribution in [3.8, 4) is 0 Å². The van der Waals surface area contributed by atoms with Gasteiger partial charge in [-0.3, -0.25) is 0 Å². The van der Waals surface area contributed by atoms with Crippen molar-refractivity contribution < 1.29 is 13.9 Å². The molecule has 0 saturated carbocycles. The van der Waals surface area contributed by atoms with Crippen molar-refractivity contribution in [2.24, 2.45) is 40.9 Å². The zero-order chi connectivity index (χ0) is 25.5. The van der Waals surface area contributed by atoms with Gasteiger partial charge in [0.1, 0.15) is 0 Å². The minimum absolute atomic E-state index is 0.0926. The summed E-state index contributed by atoms with van der Waals surface area (Å²) < 4.78 is 23.4. The number of hydrogen-bond acceptors (Lipinski definition) is 1. The maximum absolute atomic E-state index is 11.7. The van der Waals surface area contributed by atoms with Gasteiger partial charge in [0.25, 0.3) is 0 Å². The Bertz CT molecular complexity index is 331. The second-order valence-corrected chi connectivity index (χ2v) is 12.2. The van der Waals surface area contributed by atoms with Crippen molar-refractivity contribution in [2.45, 2.75) is 136 Å². The molecular weight excluding hydrogens is 378 g/mol. The molecule has 30 heavy (non-hydrogen) atoms. The number of hydrogen-bond donors (Lipinski definition) is 1. The summed E-state index contributed by atoms with van der Waals surface area (Å²) in [7, 11) is 0. The monoisotopic (exact) mass is 438 g/mol. The van der Waals surface area contributed by atoms with Gasteiger partial charge in [0.2, 0.25) is 6.43 Å². The molecule has 0 aliphatic carbocycles. The van der Waals surface area contributed by atoms with Crippen LogP contribution in [0, 0.1) is 40.9 Å². The van der Waals surface area contributed by atoms with Gasteiger partial charge in [0.15, 0.2) is 0 Å². The normalized spacial score (nSPS) is 13.1. The highest BCUT2D eigenvalue weighted by atomic mass is 19.3. The molecule has 0 spiro atoms. The standard InChI is InChI=1S/C8H18O.C7H16.C6H12F2.C6H14/c1-7(2)5-6-8(3,4)9;1-6(2)7(3,4)5;1-4(2)5(3)6(7)8;1-5(2)6(3)4/h7,9H,5-6H2,1-4H3;6H,1-5H3;4-6H,1-3H3;5-6H,1-4H3. The summed E-state index contributed by atoms with van der Waals surface area (Å²) in [5, 5.41) is 9.27. The van der Waals surface area contributed by atoms with Gasteiger partial charge in [0.05, 0.1) is 5.60 Å². The Morgan fingerprint density at radius 2 is 0.933 bits per heavy atom. The fraction of sp³-hybridized carbons (Fsp3) is 1.00. The lowest BCUT2D eigenvalue weighted by Gasteiger charge is -2.22. The van der Waals surface area contributed by atoms with Crippen LogP contribution < -0.4 is 0 Å². The third-order valence-corrected chi connectivity index (χ3v) is 5.85. The van der Waals surface area contributed by atoms with Crippen molar-refractivity contribution in [1.82, 2.24) is 0 Å². The first-order valence-electron chi connectivity index (χ1n) is 12.1. The third kappa shape index (κ3) is 35.3. The van der Waals surface area contributed by atoms with E-state index in [2.05, 4.69) is 76.2 Å². The molecular formula is C27H60F2O. The molecule has 0 aliphatic rings. The number of halogens is 2. The zero-order valence-electron chi connectivity index (χ0n) is 23.7. The Hall–Kier alpha value is -0.180. The second kappa shape index (κ2) is 18.4. The molecule has 0 amide bonds. The smallest absolute Gasteiger partial charge is 0.241 e. The molecule has 1 atom stereocenters. The molecule has 0 aromatic heterocycles. The van der Waals surface area contributed by atoms with Crippen LogP contribution in [0.25, 0.3) is 0 Å². The Balaban J connectivity index is -0.000000152. The van der Waals surface area contributed by atoms with Gasteiger partial charge in [-0.15, -0.1) is 0 Å². The summed E-state index contributed by atoms with van der Waals surface area (Å²) >= 11 is 0. The first kappa shape index (κ1) is 37.2. The minimum Gasteiger partial charge on any atom is -0.390 e. The predicted molar refractivity (Wildman–Crippen MR) is 134 cm³/mol. The summed E-state index contributed by atoms with van der Waals surface area (Å²) in [5.41, 5.74) is 0.0320. The van der Waals surface area contributed by atoms with Gasteiger partial charge in [0, 0.05) is 5.92 Å². The SMILES string of the molecule is CC(C)C(C)(C)C.CC(C)C(C)C.CC(C)C(C)C(F)F.CC(C)CCC(C)(C)O. The summed E-state index contributed by atoms with van der Waals surface area (Å²) in [6.07, 6.45) is -0.135. The molecule has 0 aromatic rings. The molecule has 0 heterocycles. The Labute approximate surface area is 190 Å². The van der Waals surface area contributed by atoms with Gasteiger partial charge >= 0.3 is 0 Å². The van der Waals surface area contributed by atoms with Crippen LogP contribution in [0.5, 0.6) is 0 Å². The van der Waals surface area contributed by atoms with Gasteiger partial charge in [-0.25, -0.2) is 8.78 Å². The summed E-state index contributed by atoms with van der Waals surface area (Å²) in [6.45, 7) is 33.5. The molecule has 0 saturated heterocycles. The Morgan fingerprint density at radius 3 is 0.967 bits per heavy atom.